The first-order chi connectivity index (χ1) is 5.74. The van der Waals surface area contributed by atoms with Crippen molar-refractivity contribution in [2.45, 2.75) is 0 Å². The van der Waals surface area contributed by atoms with Gasteiger partial charge >= 0.3 is 0 Å². The lowest BCUT2D eigenvalue weighted by Gasteiger charge is -2.14. The molecule has 1 aromatic heterocycles. The molecule has 5 nitrogen and oxygen atoms in total. The van der Waals surface area contributed by atoms with Crippen molar-refractivity contribution < 1.29 is 5.11 Å². The number of H-pyrrole nitrogens is 1. The minimum Gasteiger partial charge on any atom is -0.395 e. The smallest absolute Gasteiger partial charge is 0.264 e. The fourth-order valence-electron chi connectivity index (χ4n) is 0.814. The third-order valence-electron chi connectivity index (χ3n) is 1.49. The molecule has 0 unspecified atom stereocenters. The summed E-state index contributed by atoms with van der Waals surface area (Å²) in [5, 5.41) is 14.7. The number of hydrogen-bond donors (Lipinski definition) is 2. The lowest BCUT2D eigenvalue weighted by atomic mass is 10.5. The van der Waals surface area contributed by atoms with Crippen LogP contribution in [0.3, 0.4) is 0 Å². The van der Waals surface area contributed by atoms with Crippen LogP contribution in [0, 0.1) is 0 Å². The molecule has 12 heavy (non-hydrogen) atoms. The highest BCUT2D eigenvalue weighted by Gasteiger charge is 1.99. The van der Waals surface area contributed by atoms with Crippen LogP contribution in [0.25, 0.3) is 0 Å². The van der Waals surface area contributed by atoms with E-state index >= 15 is 0 Å². The summed E-state index contributed by atoms with van der Waals surface area (Å²) in [5.74, 6) is 0.642. The highest BCUT2D eigenvalue weighted by Crippen LogP contribution is 2.01. The van der Waals surface area contributed by atoms with Crippen molar-refractivity contribution in [3.63, 3.8) is 0 Å². The highest BCUT2D eigenvalue weighted by atomic mass is 16.3. The Morgan fingerprint density at radius 2 is 2.42 bits per heavy atom. The van der Waals surface area contributed by atoms with Gasteiger partial charge in [0.25, 0.3) is 5.56 Å². The van der Waals surface area contributed by atoms with E-state index in [4.69, 9.17) is 5.11 Å². The number of aliphatic hydroxyl groups excluding tert-OH is 1. The van der Waals surface area contributed by atoms with Gasteiger partial charge in [-0.3, -0.25) is 4.79 Å². The SMILES string of the molecule is CN(CCO)c1ccc(=O)[nH]n1. The zero-order valence-electron chi connectivity index (χ0n) is 6.82. The number of nitrogens with zero attached hydrogens (tertiary/aromatic N) is 2. The van der Waals surface area contributed by atoms with E-state index in [1.165, 1.54) is 6.07 Å². The first-order valence-corrected chi connectivity index (χ1v) is 3.62. The Morgan fingerprint density at radius 3 is 2.92 bits per heavy atom. The molecule has 1 heterocycles. The number of anilines is 1. The fourth-order valence-corrected chi connectivity index (χ4v) is 0.814. The predicted octanol–water partition coefficient (Wildman–Crippen LogP) is -0.802. The van der Waals surface area contributed by atoms with Crippen molar-refractivity contribution in [1.29, 1.82) is 0 Å². The van der Waals surface area contributed by atoms with E-state index in [0.29, 0.717) is 12.4 Å². The molecule has 0 bridgehead atoms. The topological polar surface area (TPSA) is 69.2 Å². The van der Waals surface area contributed by atoms with Crippen LogP contribution < -0.4 is 10.5 Å². The first kappa shape index (κ1) is 8.73. The summed E-state index contributed by atoms with van der Waals surface area (Å²) in [7, 11) is 1.79. The van der Waals surface area contributed by atoms with Crippen LogP contribution in [-0.2, 0) is 0 Å². The molecule has 0 aromatic carbocycles. The Balaban J connectivity index is 2.75. The molecule has 0 aliphatic heterocycles. The van der Waals surface area contributed by atoms with Gasteiger partial charge in [-0.05, 0) is 6.07 Å². The van der Waals surface area contributed by atoms with Crippen LogP contribution in [-0.4, -0.2) is 35.5 Å². The lowest BCUT2D eigenvalue weighted by molar-refractivity contribution is 0.303. The average molecular weight is 169 g/mol. The number of aromatic nitrogens is 2. The molecule has 1 rings (SSSR count). The number of nitrogens with one attached hydrogen (secondary N) is 1. The third kappa shape index (κ3) is 2.06. The van der Waals surface area contributed by atoms with Gasteiger partial charge in [0.05, 0.1) is 6.61 Å². The molecule has 0 fully saturated rings. The predicted molar refractivity (Wildman–Crippen MR) is 45.2 cm³/mol. The van der Waals surface area contributed by atoms with Gasteiger partial charge in [0.2, 0.25) is 0 Å². The Morgan fingerprint density at radius 1 is 1.67 bits per heavy atom. The zero-order chi connectivity index (χ0) is 8.97. The molecule has 0 atom stereocenters. The molecule has 5 heteroatoms. The van der Waals surface area contributed by atoms with Crippen LogP contribution in [0.1, 0.15) is 0 Å². The number of rotatable bonds is 3. The van der Waals surface area contributed by atoms with Crippen molar-refractivity contribution in [3.05, 3.63) is 22.5 Å². The van der Waals surface area contributed by atoms with E-state index in [1.54, 1.807) is 18.0 Å². The minimum absolute atomic E-state index is 0.0668. The summed E-state index contributed by atoms with van der Waals surface area (Å²) in [4.78, 5) is 12.4. The molecule has 0 aliphatic carbocycles. The van der Waals surface area contributed by atoms with Gasteiger partial charge < -0.3 is 10.0 Å². The molecule has 0 spiro atoms. The largest absolute Gasteiger partial charge is 0.395 e. The van der Waals surface area contributed by atoms with Crippen molar-refractivity contribution in [2.24, 2.45) is 0 Å². The average Bonchev–Trinajstić information content (AvgIpc) is 2.06. The van der Waals surface area contributed by atoms with E-state index in [-0.39, 0.29) is 12.2 Å². The Kier molecular flexibility index (Phi) is 2.82. The maximum Gasteiger partial charge on any atom is 0.264 e. The van der Waals surface area contributed by atoms with Crippen LogP contribution in [0.15, 0.2) is 16.9 Å². The van der Waals surface area contributed by atoms with E-state index in [0.717, 1.165) is 0 Å². The molecular weight excluding hydrogens is 158 g/mol. The first-order valence-electron chi connectivity index (χ1n) is 3.62. The minimum atomic E-state index is -0.226. The van der Waals surface area contributed by atoms with Gasteiger partial charge in [-0.15, -0.1) is 0 Å². The third-order valence-corrected chi connectivity index (χ3v) is 1.49. The molecule has 0 radical (unpaired) electrons. The van der Waals surface area contributed by atoms with Gasteiger partial charge in [0.1, 0.15) is 5.82 Å². The summed E-state index contributed by atoms with van der Waals surface area (Å²) in [5.41, 5.74) is -0.226. The molecule has 0 aliphatic rings. The molecule has 2 N–H and O–H groups in total. The molecule has 0 amide bonds. The van der Waals surface area contributed by atoms with Crippen LogP contribution in [0.4, 0.5) is 5.82 Å². The lowest BCUT2D eigenvalue weighted by Crippen LogP contribution is -2.23. The summed E-state index contributed by atoms with van der Waals surface area (Å²) < 4.78 is 0. The Bertz CT molecular complexity index is 276. The second kappa shape index (κ2) is 3.87. The van der Waals surface area contributed by atoms with Crippen LogP contribution >= 0.6 is 0 Å². The maximum atomic E-state index is 10.6. The second-order valence-electron chi connectivity index (χ2n) is 2.42. The summed E-state index contributed by atoms with van der Waals surface area (Å²) in [6.07, 6.45) is 0. The van der Waals surface area contributed by atoms with Crippen molar-refractivity contribution in [3.8, 4) is 0 Å². The second-order valence-corrected chi connectivity index (χ2v) is 2.42. The Labute approximate surface area is 69.6 Å². The quantitative estimate of drug-likeness (QED) is 0.621. The van der Waals surface area contributed by atoms with Gasteiger partial charge in [-0.2, -0.15) is 5.10 Å². The molecule has 0 saturated carbocycles. The standard InChI is InChI=1S/C7H11N3O2/c1-10(4-5-11)6-2-3-7(12)9-8-6/h2-3,11H,4-5H2,1H3,(H,9,12). The van der Waals surface area contributed by atoms with Crippen molar-refractivity contribution in [2.75, 3.05) is 25.1 Å². The summed E-state index contributed by atoms with van der Waals surface area (Å²) in [6.45, 7) is 0.566. The highest BCUT2D eigenvalue weighted by molar-refractivity contribution is 5.34. The van der Waals surface area contributed by atoms with Gasteiger partial charge in [-0.25, -0.2) is 5.10 Å². The normalized spacial score (nSPS) is 9.83. The number of aliphatic hydroxyl groups is 1. The molecule has 0 saturated heterocycles. The summed E-state index contributed by atoms with van der Waals surface area (Å²) in [6, 6.07) is 3.00. The van der Waals surface area contributed by atoms with Crippen molar-refractivity contribution >= 4 is 5.82 Å². The Hall–Kier alpha value is -1.36. The number of hydrogen-bond acceptors (Lipinski definition) is 4. The molecule has 66 valence electrons. The number of aromatic amines is 1. The van der Waals surface area contributed by atoms with Gasteiger partial charge in [0.15, 0.2) is 0 Å². The van der Waals surface area contributed by atoms with E-state index in [9.17, 15) is 4.79 Å². The number of likely N-dealkylation sites (N-methyl/N-ethyl adjacent to an activating group) is 1. The molecule has 1 aromatic rings. The summed E-state index contributed by atoms with van der Waals surface area (Å²) >= 11 is 0. The van der Waals surface area contributed by atoms with E-state index in [2.05, 4.69) is 10.2 Å². The van der Waals surface area contributed by atoms with E-state index in [1.807, 2.05) is 0 Å². The van der Waals surface area contributed by atoms with Gasteiger partial charge in [0, 0.05) is 19.7 Å². The van der Waals surface area contributed by atoms with Crippen LogP contribution in [0.5, 0.6) is 0 Å². The molecular formula is C7H11N3O2. The fraction of sp³-hybridized carbons (Fsp3) is 0.429. The van der Waals surface area contributed by atoms with E-state index < -0.39 is 0 Å². The van der Waals surface area contributed by atoms with Crippen molar-refractivity contribution in [1.82, 2.24) is 10.2 Å². The zero-order valence-corrected chi connectivity index (χ0v) is 6.82. The van der Waals surface area contributed by atoms with Gasteiger partial charge in [-0.1, -0.05) is 0 Å². The monoisotopic (exact) mass is 169 g/mol. The van der Waals surface area contributed by atoms with Crippen LogP contribution in [0.2, 0.25) is 0 Å². The maximum absolute atomic E-state index is 10.6.